The Morgan fingerprint density at radius 3 is 2.09 bits per heavy atom. The van der Waals surface area contributed by atoms with Crippen LogP contribution in [-0.2, 0) is 9.53 Å². The maximum Gasteiger partial charge on any atom is 0.312 e. The summed E-state index contributed by atoms with van der Waals surface area (Å²) in [5.74, 6) is 1.05. The Bertz CT molecular complexity index is 320. The minimum atomic E-state index is -0.571. The molecule has 5 nitrogen and oxygen atoms in total. The predicted octanol–water partition coefficient (Wildman–Crippen LogP) is 2.01. The first-order valence-electron chi connectivity index (χ1n) is 8.49. The van der Waals surface area contributed by atoms with Gasteiger partial charge in [0.05, 0.1) is 18.6 Å². The lowest BCUT2D eigenvalue weighted by Gasteiger charge is -2.30. The van der Waals surface area contributed by atoms with E-state index >= 15 is 0 Å². The van der Waals surface area contributed by atoms with Crippen molar-refractivity contribution in [3.8, 4) is 0 Å². The number of ether oxygens (including phenoxy) is 1. The first kappa shape index (κ1) is 22.7. The Morgan fingerprint density at radius 1 is 1.09 bits per heavy atom. The van der Waals surface area contributed by atoms with Gasteiger partial charge in [-0.2, -0.15) is 11.8 Å². The smallest absolute Gasteiger partial charge is 0.312 e. The van der Waals surface area contributed by atoms with Gasteiger partial charge in [-0.3, -0.25) is 4.79 Å². The normalized spacial score (nSPS) is 12.7. The minimum Gasteiger partial charge on any atom is -0.464 e. The fourth-order valence-electron chi connectivity index (χ4n) is 2.05. The molecule has 0 fully saturated rings. The van der Waals surface area contributed by atoms with E-state index in [2.05, 4.69) is 18.7 Å². The Balaban J connectivity index is 4.27. The van der Waals surface area contributed by atoms with Crippen molar-refractivity contribution >= 4 is 17.7 Å². The molecule has 6 heteroatoms. The summed E-state index contributed by atoms with van der Waals surface area (Å²) in [6.07, 6.45) is 0.710. The zero-order chi connectivity index (χ0) is 17.9. The minimum absolute atomic E-state index is 0.0399. The Kier molecular flexibility index (Phi) is 11.1. The van der Waals surface area contributed by atoms with E-state index in [1.165, 1.54) is 0 Å². The van der Waals surface area contributed by atoms with Gasteiger partial charge < -0.3 is 19.8 Å². The SMILES string of the molecule is CCN(CC)CCOC(=O)C(C)(C)CSCC(CC)(CO)CO. The molecule has 0 aliphatic carbocycles. The molecule has 138 valence electrons. The number of thioether (sulfide) groups is 1. The second-order valence-electron chi connectivity index (χ2n) is 6.71. The van der Waals surface area contributed by atoms with Crippen LogP contribution in [0.2, 0.25) is 0 Å². The van der Waals surface area contributed by atoms with Crippen molar-refractivity contribution in [1.29, 1.82) is 0 Å². The lowest BCUT2D eigenvalue weighted by molar-refractivity contribution is -0.153. The van der Waals surface area contributed by atoms with E-state index in [1.807, 2.05) is 20.8 Å². The molecule has 23 heavy (non-hydrogen) atoms. The van der Waals surface area contributed by atoms with E-state index in [4.69, 9.17) is 4.74 Å². The molecule has 0 heterocycles. The van der Waals surface area contributed by atoms with Gasteiger partial charge in [-0.05, 0) is 33.4 Å². The average molecular weight is 350 g/mol. The van der Waals surface area contributed by atoms with Crippen molar-refractivity contribution in [2.45, 2.75) is 41.0 Å². The average Bonchev–Trinajstić information content (AvgIpc) is 2.55. The largest absolute Gasteiger partial charge is 0.464 e. The van der Waals surface area contributed by atoms with E-state index in [1.54, 1.807) is 11.8 Å². The van der Waals surface area contributed by atoms with Gasteiger partial charge in [0.15, 0.2) is 0 Å². The van der Waals surface area contributed by atoms with Gasteiger partial charge in [-0.25, -0.2) is 0 Å². The Labute approximate surface area is 145 Å². The zero-order valence-corrected chi connectivity index (χ0v) is 16.2. The third-order valence-electron chi connectivity index (χ3n) is 4.38. The second kappa shape index (κ2) is 11.3. The standard InChI is InChI=1S/C17H35NO4S/c1-6-17(11-19,12-20)14-23-13-16(4,5)15(21)22-10-9-18(7-2)8-3/h19-20H,6-14H2,1-5H3. The maximum atomic E-state index is 12.2. The van der Waals surface area contributed by atoms with Crippen molar-refractivity contribution in [1.82, 2.24) is 4.90 Å². The highest BCUT2D eigenvalue weighted by molar-refractivity contribution is 7.99. The van der Waals surface area contributed by atoms with Gasteiger partial charge in [0, 0.05) is 23.5 Å². The lowest BCUT2D eigenvalue weighted by Crippen LogP contribution is -2.35. The number of hydrogen-bond donors (Lipinski definition) is 2. The van der Waals surface area contributed by atoms with Crippen molar-refractivity contribution in [3.63, 3.8) is 0 Å². The molecule has 0 aliphatic rings. The number of hydrogen-bond acceptors (Lipinski definition) is 6. The van der Waals surface area contributed by atoms with Crippen molar-refractivity contribution in [3.05, 3.63) is 0 Å². The molecule has 0 radical (unpaired) electrons. The third-order valence-corrected chi connectivity index (χ3v) is 6.12. The van der Waals surface area contributed by atoms with Gasteiger partial charge in [0.25, 0.3) is 0 Å². The Morgan fingerprint density at radius 2 is 1.65 bits per heavy atom. The number of aliphatic hydroxyl groups is 2. The van der Waals surface area contributed by atoms with Crippen LogP contribution in [0.15, 0.2) is 0 Å². The van der Waals surface area contributed by atoms with E-state index in [0.29, 0.717) is 24.5 Å². The van der Waals surface area contributed by atoms with Crippen LogP contribution in [0.4, 0.5) is 0 Å². The number of likely N-dealkylation sites (N-methyl/N-ethyl adjacent to an activating group) is 1. The maximum absolute atomic E-state index is 12.2. The number of carbonyl (C=O) groups is 1. The van der Waals surface area contributed by atoms with Crippen LogP contribution in [-0.4, -0.2) is 72.0 Å². The van der Waals surface area contributed by atoms with Gasteiger partial charge in [-0.1, -0.05) is 20.8 Å². The fraction of sp³-hybridized carbons (Fsp3) is 0.941. The van der Waals surface area contributed by atoms with Crippen LogP contribution in [0, 0.1) is 10.8 Å². The highest BCUT2D eigenvalue weighted by Crippen LogP contribution is 2.30. The molecule has 0 aromatic heterocycles. The van der Waals surface area contributed by atoms with E-state index in [0.717, 1.165) is 19.6 Å². The number of rotatable bonds is 13. The molecule has 0 rings (SSSR count). The van der Waals surface area contributed by atoms with Crippen molar-refractivity contribution in [2.24, 2.45) is 10.8 Å². The number of nitrogens with zero attached hydrogens (tertiary/aromatic N) is 1. The van der Waals surface area contributed by atoms with Crippen LogP contribution in [0.3, 0.4) is 0 Å². The number of carbonyl (C=O) groups excluding carboxylic acids is 1. The molecule has 0 saturated carbocycles. The van der Waals surface area contributed by atoms with Crippen LogP contribution in [0.1, 0.15) is 41.0 Å². The molecule has 0 bridgehead atoms. The van der Waals surface area contributed by atoms with Gasteiger partial charge in [0.2, 0.25) is 0 Å². The molecular formula is C17H35NO4S. The van der Waals surface area contributed by atoms with Gasteiger partial charge >= 0.3 is 5.97 Å². The number of aliphatic hydroxyl groups excluding tert-OH is 2. The van der Waals surface area contributed by atoms with E-state index in [-0.39, 0.29) is 19.2 Å². The topological polar surface area (TPSA) is 70.0 Å². The van der Waals surface area contributed by atoms with Crippen LogP contribution in [0.5, 0.6) is 0 Å². The third kappa shape index (κ3) is 7.88. The highest BCUT2D eigenvalue weighted by Gasteiger charge is 2.32. The molecule has 0 saturated heterocycles. The Hall–Kier alpha value is -0.300. The summed E-state index contributed by atoms with van der Waals surface area (Å²) in [7, 11) is 0. The van der Waals surface area contributed by atoms with Gasteiger partial charge in [0.1, 0.15) is 6.61 Å². The summed E-state index contributed by atoms with van der Waals surface area (Å²) in [6.45, 7) is 12.9. The summed E-state index contributed by atoms with van der Waals surface area (Å²) in [6, 6.07) is 0. The highest BCUT2D eigenvalue weighted by atomic mass is 32.2. The molecule has 0 aliphatic heterocycles. The van der Waals surface area contributed by atoms with Crippen LogP contribution < -0.4 is 0 Å². The monoisotopic (exact) mass is 349 g/mol. The molecule has 0 spiro atoms. The molecular weight excluding hydrogens is 314 g/mol. The van der Waals surface area contributed by atoms with Crippen LogP contribution in [0.25, 0.3) is 0 Å². The lowest BCUT2D eigenvalue weighted by atomic mass is 9.90. The molecule has 0 aromatic carbocycles. The summed E-state index contributed by atoms with van der Waals surface area (Å²) >= 11 is 1.59. The predicted molar refractivity (Wildman–Crippen MR) is 96.7 cm³/mol. The van der Waals surface area contributed by atoms with Crippen molar-refractivity contribution in [2.75, 3.05) is 51.0 Å². The number of esters is 1. The zero-order valence-electron chi connectivity index (χ0n) is 15.4. The molecule has 0 amide bonds. The fourth-order valence-corrected chi connectivity index (χ4v) is 3.60. The molecule has 2 N–H and O–H groups in total. The first-order chi connectivity index (χ1) is 10.8. The molecule has 0 atom stereocenters. The van der Waals surface area contributed by atoms with Gasteiger partial charge in [-0.15, -0.1) is 0 Å². The van der Waals surface area contributed by atoms with Crippen LogP contribution >= 0.6 is 11.8 Å². The molecule has 0 unspecified atom stereocenters. The van der Waals surface area contributed by atoms with Crippen molar-refractivity contribution < 1.29 is 19.7 Å². The van der Waals surface area contributed by atoms with E-state index in [9.17, 15) is 15.0 Å². The summed E-state index contributed by atoms with van der Waals surface area (Å²) in [4.78, 5) is 14.4. The summed E-state index contributed by atoms with van der Waals surface area (Å²) in [5.41, 5.74) is -1.04. The second-order valence-corrected chi connectivity index (χ2v) is 7.69. The van der Waals surface area contributed by atoms with E-state index < -0.39 is 10.8 Å². The summed E-state index contributed by atoms with van der Waals surface area (Å²) in [5, 5.41) is 18.9. The first-order valence-corrected chi connectivity index (χ1v) is 9.65. The quantitative estimate of drug-likeness (QED) is 0.496. The summed E-state index contributed by atoms with van der Waals surface area (Å²) < 4.78 is 5.41. The molecule has 0 aromatic rings.